The molecule has 1 aromatic rings. The Morgan fingerprint density at radius 3 is 2.53 bits per heavy atom. The van der Waals surface area contributed by atoms with Crippen LogP contribution in [0.5, 0.6) is 5.75 Å². The summed E-state index contributed by atoms with van der Waals surface area (Å²) >= 11 is 0. The van der Waals surface area contributed by atoms with Gasteiger partial charge in [0.25, 0.3) is 6.36 Å². The number of carbonyl (C=O) groups is 1. The SMILES string of the molecule is O=C(O)c1cccc(OC(F)C(F)F)c1. The van der Waals surface area contributed by atoms with Crippen molar-refractivity contribution < 1.29 is 27.8 Å². The average molecular weight is 220 g/mol. The summed E-state index contributed by atoms with van der Waals surface area (Å²) in [6.07, 6.45) is -6.02. The van der Waals surface area contributed by atoms with Crippen molar-refractivity contribution in [2.45, 2.75) is 12.8 Å². The first-order valence-corrected chi connectivity index (χ1v) is 3.93. The predicted molar refractivity (Wildman–Crippen MR) is 44.9 cm³/mol. The second-order valence-corrected chi connectivity index (χ2v) is 2.64. The molecule has 0 aliphatic carbocycles. The fourth-order valence-electron chi connectivity index (χ4n) is 0.884. The number of carboxylic acids is 1. The van der Waals surface area contributed by atoms with Gasteiger partial charge in [-0.3, -0.25) is 0 Å². The average Bonchev–Trinajstić information content (AvgIpc) is 2.18. The third-order valence-corrected chi connectivity index (χ3v) is 1.53. The van der Waals surface area contributed by atoms with Crippen LogP contribution in [-0.4, -0.2) is 23.9 Å². The molecule has 0 radical (unpaired) electrons. The fourth-order valence-corrected chi connectivity index (χ4v) is 0.884. The molecule has 0 aliphatic rings. The van der Waals surface area contributed by atoms with Crippen molar-refractivity contribution in [3.63, 3.8) is 0 Å². The summed E-state index contributed by atoms with van der Waals surface area (Å²) in [5, 5.41) is 8.56. The molecule has 0 aromatic heterocycles. The molecule has 0 heterocycles. The molecule has 1 N–H and O–H groups in total. The van der Waals surface area contributed by atoms with E-state index in [9.17, 15) is 18.0 Å². The molecule has 1 rings (SSSR count). The Labute approximate surface area is 83.1 Å². The van der Waals surface area contributed by atoms with Crippen molar-refractivity contribution in [1.29, 1.82) is 0 Å². The van der Waals surface area contributed by atoms with E-state index in [2.05, 4.69) is 4.74 Å². The monoisotopic (exact) mass is 220 g/mol. The van der Waals surface area contributed by atoms with Crippen LogP contribution >= 0.6 is 0 Å². The number of halogens is 3. The van der Waals surface area contributed by atoms with Crippen molar-refractivity contribution >= 4 is 5.97 Å². The molecule has 0 spiro atoms. The van der Waals surface area contributed by atoms with Gasteiger partial charge in [-0.2, -0.15) is 4.39 Å². The molecule has 82 valence electrons. The molecule has 15 heavy (non-hydrogen) atoms. The highest BCUT2D eigenvalue weighted by molar-refractivity contribution is 5.87. The smallest absolute Gasteiger partial charge is 0.335 e. The Hall–Kier alpha value is -1.72. The van der Waals surface area contributed by atoms with E-state index in [4.69, 9.17) is 5.11 Å². The van der Waals surface area contributed by atoms with E-state index >= 15 is 0 Å². The van der Waals surface area contributed by atoms with E-state index in [1.807, 2.05) is 0 Å². The van der Waals surface area contributed by atoms with Crippen LogP contribution in [-0.2, 0) is 0 Å². The molecule has 0 saturated carbocycles. The number of benzene rings is 1. The van der Waals surface area contributed by atoms with Crippen LogP contribution in [0.2, 0.25) is 0 Å². The number of rotatable bonds is 4. The summed E-state index contributed by atoms with van der Waals surface area (Å²) in [6, 6.07) is 4.68. The summed E-state index contributed by atoms with van der Waals surface area (Å²) in [4.78, 5) is 10.5. The molecule has 6 heteroatoms. The van der Waals surface area contributed by atoms with Crippen LogP contribution in [0.25, 0.3) is 0 Å². The summed E-state index contributed by atoms with van der Waals surface area (Å²) in [5.41, 5.74) is -0.158. The van der Waals surface area contributed by atoms with Gasteiger partial charge in [0.1, 0.15) is 5.75 Å². The number of hydrogen-bond acceptors (Lipinski definition) is 2. The standard InChI is InChI=1S/C9H7F3O3/c10-7(11)8(12)15-6-3-1-2-5(4-6)9(13)14/h1-4,7-8H,(H,13,14). The van der Waals surface area contributed by atoms with Crippen LogP contribution in [0.3, 0.4) is 0 Å². The van der Waals surface area contributed by atoms with Crippen molar-refractivity contribution in [3.8, 4) is 5.75 Å². The first-order chi connectivity index (χ1) is 7.00. The van der Waals surface area contributed by atoms with Gasteiger partial charge in [-0.25, -0.2) is 13.6 Å². The number of ether oxygens (including phenoxy) is 1. The lowest BCUT2D eigenvalue weighted by Gasteiger charge is -2.10. The van der Waals surface area contributed by atoms with Gasteiger partial charge >= 0.3 is 12.4 Å². The van der Waals surface area contributed by atoms with Gasteiger partial charge in [0.15, 0.2) is 0 Å². The molecular weight excluding hydrogens is 213 g/mol. The van der Waals surface area contributed by atoms with E-state index < -0.39 is 18.8 Å². The number of hydrogen-bond donors (Lipinski definition) is 1. The summed E-state index contributed by atoms with van der Waals surface area (Å²) < 4.78 is 40.1. The zero-order valence-electron chi connectivity index (χ0n) is 7.36. The van der Waals surface area contributed by atoms with Crippen molar-refractivity contribution in [2.75, 3.05) is 0 Å². The molecule has 1 aromatic carbocycles. The van der Waals surface area contributed by atoms with Gasteiger partial charge in [-0.15, -0.1) is 0 Å². The predicted octanol–water partition coefficient (Wildman–Crippen LogP) is 2.32. The van der Waals surface area contributed by atoms with Crippen molar-refractivity contribution in [1.82, 2.24) is 0 Å². The highest BCUT2D eigenvalue weighted by atomic mass is 19.3. The number of aromatic carboxylic acids is 1. The Balaban J connectivity index is 2.78. The van der Waals surface area contributed by atoms with E-state index in [-0.39, 0.29) is 11.3 Å². The lowest BCUT2D eigenvalue weighted by Crippen LogP contribution is -2.19. The summed E-state index contributed by atoms with van der Waals surface area (Å²) in [6.45, 7) is 0. The third kappa shape index (κ3) is 3.16. The molecule has 3 nitrogen and oxygen atoms in total. The van der Waals surface area contributed by atoms with Crippen LogP contribution < -0.4 is 4.74 Å². The highest BCUT2D eigenvalue weighted by Gasteiger charge is 2.21. The first kappa shape index (κ1) is 11.4. The Morgan fingerprint density at radius 1 is 1.33 bits per heavy atom. The molecule has 0 fully saturated rings. The minimum atomic E-state index is -3.27. The number of alkyl halides is 3. The quantitative estimate of drug-likeness (QED) is 0.846. The minimum absolute atomic E-state index is 0.158. The Bertz CT molecular complexity index is 354. The van der Waals surface area contributed by atoms with Crippen LogP contribution in [0, 0.1) is 0 Å². The molecule has 0 aliphatic heterocycles. The topological polar surface area (TPSA) is 46.5 Å². The van der Waals surface area contributed by atoms with Crippen molar-refractivity contribution in [2.24, 2.45) is 0 Å². The maximum atomic E-state index is 12.4. The zero-order chi connectivity index (χ0) is 11.4. The second kappa shape index (κ2) is 4.68. The lowest BCUT2D eigenvalue weighted by atomic mass is 10.2. The summed E-state index contributed by atoms with van der Waals surface area (Å²) in [5.74, 6) is -1.49. The summed E-state index contributed by atoms with van der Waals surface area (Å²) in [7, 11) is 0. The van der Waals surface area contributed by atoms with Crippen LogP contribution in [0.4, 0.5) is 13.2 Å². The fraction of sp³-hybridized carbons (Fsp3) is 0.222. The number of carboxylic acid groups (broad SMARTS) is 1. The lowest BCUT2D eigenvalue weighted by molar-refractivity contribution is -0.0669. The van der Waals surface area contributed by atoms with Gasteiger partial charge < -0.3 is 9.84 Å². The second-order valence-electron chi connectivity index (χ2n) is 2.64. The highest BCUT2D eigenvalue weighted by Crippen LogP contribution is 2.17. The van der Waals surface area contributed by atoms with E-state index in [0.717, 1.165) is 6.07 Å². The van der Waals surface area contributed by atoms with Crippen molar-refractivity contribution in [3.05, 3.63) is 29.8 Å². The van der Waals surface area contributed by atoms with Gasteiger partial charge in [-0.1, -0.05) is 6.07 Å². The van der Waals surface area contributed by atoms with E-state index in [1.165, 1.54) is 18.2 Å². The zero-order valence-corrected chi connectivity index (χ0v) is 7.36. The Morgan fingerprint density at radius 2 is 2.00 bits per heavy atom. The Kier molecular flexibility index (Phi) is 3.54. The molecule has 0 saturated heterocycles. The normalized spacial score (nSPS) is 12.5. The van der Waals surface area contributed by atoms with Gasteiger partial charge in [0.05, 0.1) is 5.56 Å². The van der Waals surface area contributed by atoms with Gasteiger partial charge in [0, 0.05) is 0 Å². The largest absolute Gasteiger partial charge is 0.478 e. The maximum absolute atomic E-state index is 12.4. The maximum Gasteiger partial charge on any atom is 0.335 e. The van der Waals surface area contributed by atoms with Gasteiger partial charge in [0.2, 0.25) is 0 Å². The van der Waals surface area contributed by atoms with E-state index in [1.54, 1.807) is 0 Å². The minimum Gasteiger partial charge on any atom is -0.478 e. The van der Waals surface area contributed by atoms with Crippen LogP contribution in [0.1, 0.15) is 10.4 Å². The first-order valence-electron chi connectivity index (χ1n) is 3.93. The van der Waals surface area contributed by atoms with Crippen LogP contribution in [0.15, 0.2) is 24.3 Å². The molecule has 1 atom stereocenters. The third-order valence-electron chi connectivity index (χ3n) is 1.53. The van der Waals surface area contributed by atoms with Gasteiger partial charge in [-0.05, 0) is 18.2 Å². The molecule has 0 amide bonds. The molecule has 1 unspecified atom stereocenters. The molecule has 0 bridgehead atoms. The molecular formula is C9H7F3O3. The van der Waals surface area contributed by atoms with E-state index in [0.29, 0.717) is 0 Å².